The van der Waals surface area contributed by atoms with Gasteiger partial charge in [-0.05, 0) is 32.8 Å². The number of hydrogen-bond acceptors (Lipinski definition) is 4. The lowest BCUT2D eigenvalue weighted by atomic mass is 10.3. The third kappa shape index (κ3) is 2.74. The summed E-state index contributed by atoms with van der Waals surface area (Å²) in [6, 6.07) is 2.10. The number of aryl methyl sites for hydroxylation is 2. The molecular weight excluding hydrogens is 220 g/mol. The van der Waals surface area contributed by atoms with Crippen LogP contribution in [0.1, 0.15) is 31.8 Å². The van der Waals surface area contributed by atoms with E-state index in [0.717, 1.165) is 36.0 Å². The quantitative estimate of drug-likeness (QED) is 0.758. The Morgan fingerprint density at radius 3 is 2.94 bits per heavy atom. The average molecular weight is 238 g/mol. The molecule has 0 saturated carbocycles. The second-order valence-electron chi connectivity index (χ2n) is 4.12. The highest BCUT2D eigenvalue weighted by Crippen LogP contribution is 2.31. The highest BCUT2D eigenvalue weighted by atomic mass is 32.2. The summed E-state index contributed by atoms with van der Waals surface area (Å²) < 4.78 is 5.56. The fraction of sp³-hybridized carbons (Fsp3) is 0.667. The molecule has 3 nitrogen and oxygen atoms in total. The Balaban J connectivity index is 2.11. The topological polar surface area (TPSA) is 35.0 Å². The third-order valence-electron chi connectivity index (χ3n) is 2.81. The maximum Gasteiger partial charge on any atom is 0.126 e. The molecule has 1 aromatic heterocycles. The van der Waals surface area contributed by atoms with Crippen LogP contribution in [0.3, 0.4) is 0 Å². The highest BCUT2D eigenvalue weighted by Gasteiger charge is 2.25. The van der Waals surface area contributed by atoms with Crippen LogP contribution >= 0.6 is 11.8 Å². The van der Waals surface area contributed by atoms with Crippen molar-refractivity contribution < 1.29 is 4.74 Å². The maximum absolute atomic E-state index is 5.56. The van der Waals surface area contributed by atoms with Crippen LogP contribution in [0.15, 0.2) is 11.1 Å². The minimum absolute atomic E-state index is 0.338. The van der Waals surface area contributed by atoms with E-state index in [4.69, 9.17) is 4.74 Å². The molecule has 1 saturated heterocycles. The zero-order valence-electron chi connectivity index (χ0n) is 10.1. The Bertz CT molecular complexity index is 370. The van der Waals surface area contributed by atoms with Gasteiger partial charge in [0.05, 0.1) is 6.10 Å². The van der Waals surface area contributed by atoms with E-state index in [1.165, 1.54) is 0 Å². The summed E-state index contributed by atoms with van der Waals surface area (Å²) in [5.74, 6) is 0.869. The maximum atomic E-state index is 5.56. The van der Waals surface area contributed by atoms with Gasteiger partial charge in [0.15, 0.2) is 0 Å². The van der Waals surface area contributed by atoms with Gasteiger partial charge in [-0.1, -0.05) is 6.92 Å². The monoisotopic (exact) mass is 238 g/mol. The fourth-order valence-electron chi connectivity index (χ4n) is 1.86. The minimum atomic E-state index is 0.338. The third-order valence-corrected chi connectivity index (χ3v) is 4.18. The van der Waals surface area contributed by atoms with Crippen molar-refractivity contribution in [1.82, 2.24) is 9.97 Å². The summed E-state index contributed by atoms with van der Waals surface area (Å²) in [4.78, 5) is 8.87. The van der Waals surface area contributed by atoms with E-state index in [1.54, 1.807) is 0 Å². The molecule has 16 heavy (non-hydrogen) atoms. The number of thioether (sulfide) groups is 1. The number of ether oxygens (including phenoxy) is 1. The van der Waals surface area contributed by atoms with Crippen molar-refractivity contribution in [3.05, 3.63) is 17.6 Å². The van der Waals surface area contributed by atoms with Crippen LogP contribution in [0.5, 0.6) is 0 Å². The van der Waals surface area contributed by atoms with Crippen molar-refractivity contribution >= 4 is 11.8 Å². The molecule has 2 rings (SSSR count). The SMILES string of the molecule is CCc1cc(SC2CCOC2C)nc(C)n1. The molecule has 2 atom stereocenters. The summed E-state index contributed by atoms with van der Waals surface area (Å²) in [5, 5.41) is 1.63. The van der Waals surface area contributed by atoms with Gasteiger partial charge >= 0.3 is 0 Å². The normalized spacial score (nSPS) is 24.9. The molecule has 4 heteroatoms. The molecule has 1 aliphatic heterocycles. The van der Waals surface area contributed by atoms with E-state index in [2.05, 4.69) is 29.9 Å². The van der Waals surface area contributed by atoms with Gasteiger partial charge in [-0.3, -0.25) is 0 Å². The van der Waals surface area contributed by atoms with Crippen molar-refractivity contribution in [2.75, 3.05) is 6.61 Å². The second kappa shape index (κ2) is 5.15. The number of rotatable bonds is 3. The first-order valence-corrected chi connectivity index (χ1v) is 6.70. The zero-order valence-corrected chi connectivity index (χ0v) is 10.9. The highest BCUT2D eigenvalue weighted by molar-refractivity contribution is 7.99. The standard InChI is InChI=1S/C12H18N2OS/c1-4-10-7-12(14-9(3)13-10)16-11-5-6-15-8(11)2/h7-8,11H,4-6H2,1-3H3. The fourth-order valence-corrected chi connectivity index (χ4v) is 3.05. The van der Waals surface area contributed by atoms with Crippen molar-refractivity contribution in [1.29, 1.82) is 0 Å². The molecule has 0 aliphatic carbocycles. The van der Waals surface area contributed by atoms with E-state index < -0.39 is 0 Å². The molecule has 2 heterocycles. The molecule has 0 N–H and O–H groups in total. The van der Waals surface area contributed by atoms with Gasteiger partial charge < -0.3 is 4.74 Å². The molecule has 88 valence electrons. The largest absolute Gasteiger partial charge is 0.377 e. The Labute approximate surface area is 101 Å². The van der Waals surface area contributed by atoms with Crippen molar-refractivity contribution in [2.45, 2.75) is 50.0 Å². The van der Waals surface area contributed by atoms with Gasteiger partial charge in [0.2, 0.25) is 0 Å². The average Bonchev–Trinajstić information content (AvgIpc) is 2.63. The Morgan fingerprint density at radius 2 is 2.31 bits per heavy atom. The van der Waals surface area contributed by atoms with Crippen LogP contribution in [-0.4, -0.2) is 27.9 Å². The lowest BCUT2D eigenvalue weighted by Gasteiger charge is -2.13. The Morgan fingerprint density at radius 1 is 1.50 bits per heavy atom. The molecule has 0 radical (unpaired) electrons. The van der Waals surface area contributed by atoms with E-state index in [-0.39, 0.29) is 0 Å². The van der Waals surface area contributed by atoms with E-state index in [0.29, 0.717) is 11.4 Å². The lowest BCUT2D eigenvalue weighted by Crippen LogP contribution is -2.13. The van der Waals surface area contributed by atoms with Crippen LogP contribution in [0.2, 0.25) is 0 Å². The van der Waals surface area contributed by atoms with Crippen molar-refractivity contribution in [3.8, 4) is 0 Å². The predicted molar refractivity (Wildman–Crippen MR) is 65.8 cm³/mol. The molecule has 1 fully saturated rings. The minimum Gasteiger partial charge on any atom is -0.377 e. The molecule has 2 unspecified atom stereocenters. The van der Waals surface area contributed by atoms with Crippen LogP contribution < -0.4 is 0 Å². The summed E-state index contributed by atoms with van der Waals surface area (Å²) in [7, 11) is 0. The molecule has 1 aliphatic rings. The summed E-state index contributed by atoms with van der Waals surface area (Å²) in [6.07, 6.45) is 2.43. The van der Waals surface area contributed by atoms with Gasteiger partial charge in [0, 0.05) is 17.6 Å². The van der Waals surface area contributed by atoms with Crippen molar-refractivity contribution in [3.63, 3.8) is 0 Å². The predicted octanol–water partition coefficient (Wildman–Crippen LogP) is 2.62. The smallest absolute Gasteiger partial charge is 0.126 e. The van der Waals surface area contributed by atoms with Gasteiger partial charge in [0.1, 0.15) is 10.9 Å². The molecule has 0 aromatic carbocycles. The summed E-state index contributed by atoms with van der Waals surface area (Å²) >= 11 is 1.83. The van der Waals surface area contributed by atoms with Crippen molar-refractivity contribution in [2.24, 2.45) is 0 Å². The van der Waals surface area contributed by atoms with Gasteiger partial charge in [-0.2, -0.15) is 0 Å². The first-order chi connectivity index (χ1) is 7.69. The lowest BCUT2D eigenvalue weighted by molar-refractivity contribution is 0.127. The Hall–Kier alpha value is -0.610. The van der Waals surface area contributed by atoms with Gasteiger partial charge in [0.25, 0.3) is 0 Å². The first kappa shape index (κ1) is 11.9. The second-order valence-corrected chi connectivity index (χ2v) is 5.38. The van der Waals surface area contributed by atoms with E-state index in [1.807, 2.05) is 18.7 Å². The molecular formula is C12H18N2OS. The van der Waals surface area contributed by atoms with Crippen LogP contribution in [-0.2, 0) is 11.2 Å². The summed E-state index contributed by atoms with van der Waals surface area (Å²) in [5.41, 5.74) is 1.13. The number of aromatic nitrogens is 2. The summed E-state index contributed by atoms with van der Waals surface area (Å²) in [6.45, 7) is 7.10. The Kier molecular flexibility index (Phi) is 3.82. The van der Waals surface area contributed by atoms with Crippen LogP contribution in [0.4, 0.5) is 0 Å². The molecule has 0 spiro atoms. The van der Waals surface area contributed by atoms with Crippen LogP contribution in [0.25, 0.3) is 0 Å². The van der Waals surface area contributed by atoms with Gasteiger partial charge in [-0.25, -0.2) is 9.97 Å². The molecule has 0 amide bonds. The zero-order chi connectivity index (χ0) is 11.5. The number of nitrogens with zero attached hydrogens (tertiary/aromatic N) is 2. The van der Waals surface area contributed by atoms with E-state index >= 15 is 0 Å². The molecule has 0 bridgehead atoms. The van der Waals surface area contributed by atoms with E-state index in [9.17, 15) is 0 Å². The first-order valence-electron chi connectivity index (χ1n) is 5.82. The molecule has 1 aromatic rings. The van der Waals surface area contributed by atoms with Crippen LogP contribution in [0, 0.1) is 6.92 Å². The van der Waals surface area contributed by atoms with Gasteiger partial charge in [-0.15, -0.1) is 11.8 Å². The number of hydrogen-bond donors (Lipinski definition) is 0.